The van der Waals surface area contributed by atoms with Gasteiger partial charge in [0.15, 0.2) is 0 Å². The number of amides is 2. The van der Waals surface area contributed by atoms with E-state index in [9.17, 15) is 9.59 Å². The van der Waals surface area contributed by atoms with E-state index in [-0.39, 0.29) is 17.9 Å². The van der Waals surface area contributed by atoms with Crippen LogP contribution < -0.4 is 4.74 Å². The third-order valence-corrected chi connectivity index (χ3v) is 5.00. The highest BCUT2D eigenvalue weighted by Crippen LogP contribution is 2.30. The molecule has 124 valence electrons. The van der Waals surface area contributed by atoms with E-state index in [1.807, 2.05) is 13.8 Å². The average molecular weight is 317 g/mol. The first kappa shape index (κ1) is 15.8. The zero-order valence-corrected chi connectivity index (χ0v) is 14.1. The Morgan fingerprint density at radius 3 is 2.74 bits per heavy atom. The van der Waals surface area contributed by atoms with Crippen molar-refractivity contribution >= 4 is 11.8 Å². The lowest BCUT2D eigenvalue weighted by atomic mass is 10.0. The molecular formula is C17H23N3O3. The number of carbonyl (C=O) groups excluding carboxylic acids is 2. The molecule has 2 amide bonds. The molecule has 2 atom stereocenters. The summed E-state index contributed by atoms with van der Waals surface area (Å²) < 4.78 is 5.43. The van der Waals surface area contributed by atoms with Gasteiger partial charge in [0, 0.05) is 23.9 Å². The van der Waals surface area contributed by atoms with Gasteiger partial charge >= 0.3 is 0 Å². The minimum absolute atomic E-state index is 0.0374. The van der Waals surface area contributed by atoms with Crippen LogP contribution in [0.2, 0.25) is 0 Å². The minimum atomic E-state index is -0.439. The number of methoxy groups -OCH3 is 1. The molecule has 0 bridgehead atoms. The summed E-state index contributed by atoms with van der Waals surface area (Å²) in [6, 6.07) is -0.725. The second kappa shape index (κ2) is 5.83. The second-order valence-electron chi connectivity index (χ2n) is 6.38. The monoisotopic (exact) mass is 317 g/mol. The van der Waals surface area contributed by atoms with Gasteiger partial charge in [-0.3, -0.25) is 14.6 Å². The average Bonchev–Trinajstić information content (AvgIpc) is 3.02. The van der Waals surface area contributed by atoms with E-state index in [0.717, 1.165) is 35.4 Å². The lowest BCUT2D eigenvalue weighted by Gasteiger charge is -2.41. The third-order valence-electron chi connectivity index (χ3n) is 5.00. The molecule has 3 heterocycles. The molecule has 0 saturated carbocycles. The molecule has 0 aromatic carbocycles. The van der Waals surface area contributed by atoms with E-state index >= 15 is 0 Å². The molecule has 0 spiro atoms. The summed E-state index contributed by atoms with van der Waals surface area (Å²) in [6.45, 7) is 6.73. The van der Waals surface area contributed by atoms with Gasteiger partial charge in [0.1, 0.15) is 17.8 Å². The van der Waals surface area contributed by atoms with Crippen LogP contribution in [0.1, 0.15) is 36.6 Å². The topological polar surface area (TPSA) is 62.7 Å². The fourth-order valence-electron chi connectivity index (χ4n) is 3.65. The van der Waals surface area contributed by atoms with Crippen LogP contribution in [0.3, 0.4) is 0 Å². The number of fused-ring (bicyclic) bond motifs is 1. The Morgan fingerprint density at radius 2 is 2.04 bits per heavy atom. The highest BCUT2D eigenvalue weighted by Gasteiger charge is 2.46. The summed E-state index contributed by atoms with van der Waals surface area (Å²) in [4.78, 5) is 33.1. The first-order chi connectivity index (χ1) is 11.0. The van der Waals surface area contributed by atoms with Crippen molar-refractivity contribution in [1.82, 2.24) is 14.8 Å². The fraction of sp³-hybridized carbons (Fsp3) is 0.588. The SMILES string of the molecule is COc1c(C)cnc(CN2C(=O)[C@H]3CCCN3C(=O)[C@@H]2C)c1C. The van der Waals surface area contributed by atoms with E-state index in [1.54, 1.807) is 30.0 Å². The predicted molar refractivity (Wildman–Crippen MR) is 85.0 cm³/mol. The molecule has 1 aromatic rings. The van der Waals surface area contributed by atoms with Crippen molar-refractivity contribution < 1.29 is 14.3 Å². The van der Waals surface area contributed by atoms with Crippen molar-refractivity contribution in [1.29, 1.82) is 0 Å². The molecule has 2 fully saturated rings. The Morgan fingerprint density at radius 1 is 1.30 bits per heavy atom. The largest absolute Gasteiger partial charge is 0.496 e. The van der Waals surface area contributed by atoms with Crippen molar-refractivity contribution in [2.75, 3.05) is 13.7 Å². The molecule has 2 aliphatic heterocycles. The summed E-state index contributed by atoms with van der Waals surface area (Å²) in [7, 11) is 1.63. The van der Waals surface area contributed by atoms with Gasteiger partial charge in [-0.15, -0.1) is 0 Å². The van der Waals surface area contributed by atoms with Crippen molar-refractivity contribution in [2.24, 2.45) is 0 Å². The van der Waals surface area contributed by atoms with Gasteiger partial charge in [0.25, 0.3) is 0 Å². The number of hydrogen-bond acceptors (Lipinski definition) is 4. The molecule has 0 radical (unpaired) electrons. The lowest BCUT2D eigenvalue weighted by Crippen LogP contribution is -2.61. The third kappa shape index (κ3) is 2.46. The number of carbonyl (C=O) groups is 2. The van der Waals surface area contributed by atoms with Crippen molar-refractivity contribution in [3.8, 4) is 5.75 Å². The minimum Gasteiger partial charge on any atom is -0.496 e. The highest BCUT2D eigenvalue weighted by atomic mass is 16.5. The molecule has 1 aromatic heterocycles. The number of aryl methyl sites for hydroxylation is 1. The molecule has 23 heavy (non-hydrogen) atoms. The first-order valence-electron chi connectivity index (χ1n) is 8.05. The number of pyridine rings is 1. The molecule has 2 saturated heterocycles. The van der Waals surface area contributed by atoms with Crippen LogP contribution in [0, 0.1) is 13.8 Å². The molecule has 6 nitrogen and oxygen atoms in total. The van der Waals surface area contributed by atoms with Crippen LogP contribution in [0.5, 0.6) is 5.75 Å². The van der Waals surface area contributed by atoms with Gasteiger partial charge < -0.3 is 14.5 Å². The number of rotatable bonds is 3. The van der Waals surface area contributed by atoms with Crippen LogP contribution >= 0.6 is 0 Å². The smallest absolute Gasteiger partial charge is 0.246 e. The first-order valence-corrected chi connectivity index (χ1v) is 8.05. The molecule has 2 aliphatic rings. The fourth-order valence-corrected chi connectivity index (χ4v) is 3.65. The Labute approximate surface area is 136 Å². The molecular weight excluding hydrogens is 294 g/mol. The van der Waals surface area contributed by atoms with E-state index in [4.69, 9.17) is 4.74 Å². The van der Waals surface area contributed by atoms with Crippen LogP contribution in [-0.4, -0.2) is 52.3 Å². The Balaban J connectivity index is 1.90. The Bertz CT molecular complexity index is 659. The number of piperazine rings is 1. The molecule has 0 aliphatic carbocycles. The van der Waals surface area contributed by atoms with E-state index in [0.29, 0.717) is 13.1 Å². The lowest BCUT2D eigenvalue weighted by molar-refractivity contribution is -0.159. The number of aromatic nitrogens is 1. The van der Waals surface area contributed by atoms with E-state index in [1.165, 1.54) is 0 Å². The maximum Gasteiger partial charge on any atom is 0.246 e. The Kier molecular flexibility index (Phi) is 4.00. The van der Waals surface area contributed by atoms with E-state index < -0.39 is 6.04 Å². The van der Waals surface area contributed by atoms with Crippen molar-refractivity contribution in [3.05, 3.63) is 23.0 Å². The van der Waals surface area contributed by atoms with Gasteiger partial charge in [0.2, 0.25) is 11.8 Å². The van der Waals surface area contributed by atoms with Gasteiger partial charge in [-0.25, -0.2) is 0 Å². The van der Waals surface area contributed by atoms with Crippen LogP contribution in [0.4, 0.5) is 0 Å². The standard InChI is InChI=1S/C17H23N3O3/c1-10-8-18-13(11(2)15(10)23-4)9-20-12(3)16(21)19-7-5-6-14(19)17(20)22/h8,12,14H,5-7,9H2,1-4H3/t12-,14+/m0/s1. The van der Waals surface area contributed by atoms with Crippen LogP contribution in [0.15, 0.2) is 6.20 Å². The van der Waals surface area contributed by atoms with Gasteiger partial charge in [-0.05, 0) is 33.6 Å². The number of ether oxygens (including phenoxy) is 1. The number of nitrogens with zero attached hydrogens (tertiary/aromatic N) is 3. The van der Waals surface area contributed by atoms with Gasteiger partial charge in [-0.1, -0.05) is 0 Å². The van der Waals surface area contributed by atoms with Crippen LogP contribution in [-0.2, 0) is 16.1 Å². The van der Waals surface area contributed by atoms with E-state index in [2.05, 4.69) is 4.98 Å². The number of hydrogen-bond donors (Lipinski definition) is 0. The summed E-state index contributed by atoms with van der Waals surface area (Å²) in [5, 5.41) is 0. The maximum absolute atomic E-state index is 12.8. The second-order valence-corrected chi connectivity index (χ2v) is 6.38. The molecule has 0 unspecified atom stereocenters. The summed E-state index contributed by atoms with van der Waals surface area (Å²) in [5.41, 5.74) is 2.67. The van der Waals surface area contributed by atoms with Crippen LogP contribution in [0.25, 0.3) is 0 Å². The summed E-state index contributed by atoms with van der Waals surface area (Å²) in [6.07, 6.45) is 3.42. The molecule has 6 heteroatoms. The summed E-state index contributed by atoms with van der Waals surface area (Å²) in [5.74, 6) is 0.875. The predicted octanol–water partition coefficient (Wildman–Crippen LogP) is 1.43. The molecule has 0 N–H and O–H groups in total. The van der Waals surface area contributed by atoms with Crippen molar-refractivity contribution in [2.45, 2.75) is 52.2 Å². The maximum atomic E-state index is 12.8. The summed E-state index contributed by atoms with van der Waals surface area (Å²) >= 11 is 0. The van der Waals surface area contributed by atoms with Gasteiger partial charge in [0.05, 0.1) is 19.3 Å². The Hall–Kier alpha value is -2.11. The van der Waals surface area contributed by atoms with Gasteiger partial charge in [-0.2, -0.15) is 0 Å². The zero-order valence-electron chi connectivity index (χ0n) is 14.1. The highest BCUT2D eigenvalue weighted by molar-refractivity contribution is 5.97. The molecule has 3 rings (SSSR count). The normalized spacial score (nSPS) is 24.2. The quantitative estimate of drug-likeness (QED) is 0.846. The zero-order chi connectivity index (χ0) is 16.7. The van der Waals surface area contributed by atoms with Crippen molar-refractivity contribution in [3.63, 3.8) is 0 Å².